The van der Waals surface area contributed by atoms with Crippen LogP contribution < -0.4 is 10.9 Å². The number of hydrogen-bond donors (Lipinski definition) is 2. The van der Waals surface area contributed by atoms with E-state index in [1.165, 1.54) is 23.5 Å². The van der Waals surface area contributed by atoms with Gasteiger partial charge in [0.25, 0.3) is 5.56 Å². The molecule has 0 aliphatic carbocycles. The molecule has 0 aliphatic heterocycles. The molecule has 3 aromatic rings. The molecule has 0 spiro atoms. The largest absolute Gasteiger partial charge is 0.326 e. The van der Waals surface area contributed by atoms with E-state index in [2.05, 4.69) is 25.3 Å². The van der Waals surface area contributed by atoms with Crippen LogP contribution in [0.25, 0.3) is 0 Å². The van der Waals surface area contributed by atoms with E-state index in [-0.39, 0.29) is 17.9 Å². The van der Waals surface area contributed by atoms with Crippen molar-refractivity contribution in [3.63, 3.8) is 0 Å². The molecule has 3 rings (SSSR count). The summed E-state index contributed by atoms with van der Waals surface area (Å²) in [5, 5.41) is 4.99. The average molecular weight is 414 g/mol. The quantitative estimate of drug-likeness (QED) is 0.453. The summed E-state index contributed by atoms with van der Waals surface area (Å²) in [5.74, 6) is -0.173. The molecule has 0 aliphatic rings. The summed E-state index contributed by atoms with van der Waals surface area (Å²) in [5.41, 5.74) is 1.65. The average Bonchev–Trinajstić information content (AvgIpc) is 2.68. The van der Waals surface area contributed by atoms with Crippen LogP contribution in [0.2, 0.25) is 0 Å². The molecular weight excluding hydrogens is 394 g/mol. The monoisotopic (exact) mass is 413 g/mol. The van der Waals surface area contributed by atoms with Crippen LogP contribution in [-0.2, 0) is 11.2 Å². The van der Waals surface area contributed by atoms with Crippen molar-refractivity contribution in [1.82, 2.24) is 19.9 Å². The lowest BCUT2D eigenvalue weighted by Gasteiger charge is -2.08. The Kier molecular flexibility index (Phi) is 6.83. The maximum atomic E-state index is 12.3. The molecule has 3 heterocycles. The lowest BCUT2D eigenvalue weighted by Crippen LogP contribution is -2.20. The molecule has 0 bridgehead atoms. The third kappa shape index (κ3) is 5.43. The molecule has 0 radical (unpaired) electrons. The second kappa shape index (κ2) is 9.52. The molecule has 1 amide bonds. The van der Waals surface area contributed by atoms with Crippen molar-refractivity contribution >= 4 is 35.1 Å². The van der Waals surface area contributed by atoms with E-state index in [1.807, 2.05) is 24.5 Å². The molecular formula is C19H19N5O2S2. The molecule has 0 saturated carbocycles. The van der Waals surface area contributed by atoms with Gasteiger partial charge in [0.1, 0.15) is 10.1 Å². The molecule has 7 nitrogen and oxygen atoms in total. The van der Waals surface area contributed by atoms with Crippen LogP contribution in [0.5, 0.6) is 0 Å². The smallest absolute Gasteiger partial charge is 0.254 e. The van der Waals surface area contributed by atoms with Crippen molar-refractivity contribution in [3.05, 3.63) is 64.3 Å². The number of aryl methyl sites for hydroxylation is 1. The second-order valence-electron chi connectivity index (χ2n) is 5.84. The predicted octanol–water partition coefficient (Wildman–Crippen LogP) is 3.31. The number of carbonyl (C=O) groups is 1. The highest BCUT2D eigenvalue weighted by Crippen LogP contribution is 2.25. The summed E-state index contributed by atoms with van der Waals surface area (Å²) in [4.78, 5) is 40.1. The fourth-order valence-electron chi connectivity index (χ4n) is 2.50. The number of rotatable bonds is 7. The zero-order chi connectivity index (χ0) is 19.9. The van der Waals surface area contributed by atoms with Crippen LogP contribution in [0.4, 0.5) is 5.69 Å². The van der Waals surface area contributed by atoms with Crippen molar-refractivity contribution in [3.8, 4) is 0 Å². The molecule has 0 aromatic carbocycles. The van der Waals surface area contributed by atoms with E-state index in [1.54, 1.807) is 31.5 Å². The minimum atomic E-state index is -0.192. The first-order chi connectivity index (χ1) is 13.5. The minimum absolute atomic E-state index is 0.173. The number of nitrogens with zero attached hydrogens (tertiary/aromatic N) is 3. The summed E-state index contributed by atoms with van der Waals surface area (Å²) in [6.07, 6.45) is 5.73. The maximum Gasteiger partial charge on any atom is 0.254 e. The first kappa shape index (κ1) is 20.1. The molecule has 0 saturated heterocycles. The van der Waals surface area contributed by atoms with Crippen LogP contribution in [0.15, 0.2) is 62.7 Å². The van der Waals surface area contributed by atoms with Crippen molar-refractivity contribution in [2.75, 3.05) is 11.6 Å². The molecule has 0 unspecified atom stereocenters. The van der Waals surface area contributed by atoms with Gasteiger partial charge in [0, 0.05) is 35.8 Å². The molecule has 9 heteroatoms. The van der Waals surface area contributed by atoms with Gasteiger partial charge in [-0.1, -0.05) is 29.6 Å². The number of aromatic nitrogens is 4. The van der Waals surface area contributed by atoms with Gasteiger partial charge in [-0.3, -0.25) is 9.59 Å². The predicted molar refractivity (Wildman–Crippen MR) is 111 cm³/mol. The molecule has 0 atom stereocenters. The summed E-state index contributed by atoms with van der Waals surface area (Å²) in [6.45, 7) is 1.78. The van der Waals surface area contributed by atoms with Crippen molar-refractivity contribution < 1.29 is 4.79 Å². The Labute approximate surface area is 170 Å². The highest BCUT2D eigenvalue weighted by molar-refractivity contribution is 7.99. The van der Waals surface area contributed by atoms with E-state index in [0.717, 1.165) is 10.1 Å². The van der Waals surface area contributed by atoms with Gasteiger partial charge in [0.15, 0.2) is 5.16 Å². The van der Waals surface area contributed by atoms with Crippen LogP contribution in [0, 0.1) is 6.92 Å². The van der Waals surface area contributed by atoms with Crippen molar-refractivity contribution in [2.45, 2.75) is 35.0 Å². The van der Waals surface area contributed by atoms with Gasteiger partial charge in [0.2, 0.25) is 5.91 Å². The van der Waals surface area contributed by atoms with Gasteiger partial charge in [-0.15, -0.1) is 0 Å². The van der Waals surface area contributed by atoms with Gasteiger partial charge in [0.05, 0.1) is 0 Å². The lowest BCUT2D eigenvalue weighted by atomic mass is 10.1. The van der Waals surface area contributed by atoms with Gasteiger partial charge in [-0.2, -0.15) is 0 Å². The fraction of sp³-hybridized carbons (Fsp3) is 0.211. The Hall–Kier alpha value is -2.65. The number of amides is 1. The Balaban J connectivity index is 1.61. The fourth-order valence-corrected chi connectivity index (χ4v) is 3.69. The van der Waals surface area contributed by atoms with Gasteiger partial charge in [-0.05, 0) is 43.9 Å². The molecule has 0 fully saturated rings. The van der Waals surface area contributed by atoms with E-state index < -0.39 is 0 Å². The van der Waals surface area contributed by atoms with Crippen molar-refractivity contribution in [1.29, 1.82) is 0 Å². The molecule has 144 valence electrons. The highest BCUT2D eigenvalue weighted by Gasteiger charge is 2.11. The number of pyridine rings is 2. The summed E-state index contributed by atoms with van der Waals surface area (Å²) < 4.78 is 0. The van der Waals surface area contributed by atoms with Crippen LogP contribution >= 0.6 is 23.5 Å². The maximum absolute atomic E-state index is 12.3. The number of carbonyl (C=O) groups excluding carboxylic acids is 1. The number of H-pyrrole nitrogens is 1. The number of anilines is 1. The number of hydrogen-bond acceptors (Lipinski definition) is 7. The molecule has 3 aromatic heterocycles. The highest BCUT2D eigenvalue weighted by atomic mass is 32.2. The van der Waals surface area contributed by atoms with Crippen LogP contribution in [0.3, 0.4) is 0 Å². The number of thioether (sulfide) groups is 1. The first-order valence-corrected chi connectivity index (χ1v) is 10.6. The van der Waals surface area contributed by atoms with Crippen LogP contribution in [0.1, 0.15) is 17.7 Å². The van der Waals surface area contributed by atoms with E-state index in [9.17, 15) is 9.59 Å². The normalized spacial score (nSPS) is 10.6. The van der Waals surface area contributed by atoms with Gasteiger partial charge >= 0.3 is 0 Å². The van der Waals surface area contributed by atoms with E-state index >= 15 is 0 Å². The lowest BCUT2D eigenvalue weighted by molar-refractivity contribution is -0.116. The third-order valence-corrected chi connectivity index (χ3v) is 5.32. The minimum Gasteiger partial charge on any atom is -0.326 e. The molecule has 28 heavy (non-hydrogen) atoms. The Morgan fingerprint density at radius 1 is 1.18 bits per heavy atom. The number of aromatic amines is 1. The third-order valence-electron chi connectivity index (χ3n) is 3.86. The Bertz CT molecular complexity index is 1020. The Morgan fingerprint density at radius 3 is 2.71 bits per heavy atom. The van der Waals surface area contributed by atoms with E-state index in [0.29, 0.717) is 28.5 Å². The number of nitrogens with one attached hydrogen (secondary N) is 2. The second-order valence-corrected chi connectivity index (χ2v) is 7.68. The van der Waals surface area contributed by atoms with E-state index in [4.69, 9.17) is 0 Å². The molecule has 2 N–H and O–H groups in total. The van der Waals surface area contributed by atoms with Gasteiger partial charge in [-0.25, -0.2) is 15.0 Å². The summed E-state index contributed by atoms with van der Waals surface area (Å²) in [7, 11) is 0. The van der Waals surface area contributed by atoms with Crippen LogP contribution in [-0.4, -0.2) is 32.1 Å². The van der Waals surface area contributed by atoms with Crippen molar-refractivity contribution in [2.24, 2.45) is 0 Å². The van der Waals surface area contributed by atoms with Gasteiger partial charge < -0.3 is 10.3 Å². The topological polar surface area (TPSA) is 101 Å². The Morgan fingerprint density at radius 2 is 2.00 bits per heavy atom. The SMILES string of the molecule is CSc1nc(C)c(CCC(=O)Nc2ccnc(Sc3ccccn3)c2)c(=O)[nH]1. The summed E-state index contributed by atoms with van der Waals surface area (Å²) >= 11 is 2.79. The first-order valence-electron chi connectivity index (χ1n) is 8.53. The zero-order valence-electron chi connectivity index (χ0n) is 15.4. The zero-order valence-corrected chi connectivity index (χ0v) is 17.1. The standard InChI is InChI=1S/C19H19N5O2S2/c1-12-14(18(26)24-19(22-12)27-2)6-7-15(25)23-13-8-10-21-17(11-13)28-16-5-3-4-9-20-16/h3-5,8-11H,6-7H2,1-2H3,(H,21,23,25)(H,22,24,26). The summed E-state index contributed by atoms with van der Waals surface area (Å²) in [6, 6.07) is 9.18.